The van der Waals surface area contributed by atoms with Crippen molar-refractivity contribution in [3.05, 3.63) is 32.7 Å². The van der Waals surface area contributed by atoms with Gasteiger partial charge in [-0.15, -0.1) is 0 Å². The maximum Gasteiger partial charge on any atom is 0.251 e. The van der Waals surface area contributed by atoms with E-state index in [-0.39, 0.29) is 18.1 Å². The first kappa shape index (κ1) is 13.1. The third-order valence-electron chi connectivity index (χ3n) is 2.82. The predicted molar refractivity (Wildman–Crippen MR) is 73.1 cm³/mol. The molecule has 0 aliphatic carbocycles. The summed E-state index contributed by atoms with van der Waals surface area (Å²) < 4.78 is 7.18. The van der Waals surface area contributed by atoms with E-state index < -0.39 is 0 Å². The molecule has 2 atom stereocenters. The Labute approximate surface area is 117 Å². The van der Waals surface area contributed by atoms with E-state index in [9.17, 15) is 4.79 Å². The molecular weight excluding hydrogens is 350 g/mol. The van der Waals surface area contributed by atoms with Gasteiger partial charge in [-0.2, -0.15) is 0 Å². The summed E-state index contributed by atoms with van der Waals surface area (Å²) in [7, 11) is 0. The largest absolute Gasteiger partial charge is 0.376 e. The summed E-state index contributed by atoms with van der Waals surface area (Å²) in [6.45, 7) is 2.70. The summed E-state index contributed by atoms with van der Waals surface area (Å²) in [5.41, 5.74) is 0.644. The van der Waals surface area contributed by atoms with Crippen LogP contribution in [0.25, 0.3) is 0 Å². The number of benzene rings is 1. The number of rotatable bonds is 2. The molecule has 1 amide bonds. The Morgan fingerprint density at radius 1 is 1.35 bits per heavy atom. The van der Waals surface area contributed by atoms with Crippen molar-refractivity contribution < 1.29 is 9.53 Å². The number of nitrogens with one attached hydrogen (secondary N) is 1. The van der Waals surface area contributed by atoms with Crippen LogP contribution in [0, 0.1) is 0 Å². The third-order valence-corrected chi connectivity index (χ3v) is 3.73. The van der Waals surface area contributed by atoms with Crippen molar-refractivity contribution >= 4 is 37.8 Å². The minimum absolute atomic E-state index is 0.0608. The molecule has 1 aromatic carbocycles. The van der Waals surface area contributed by atoms with Crippen LogP contribution < -0.4 is 5.32 Å². The van der Waals surface area contributed by atoms with E-state index in [4.69, 9.17) is 4.74 Å². The molecule has 0 spiro atoms. The molecule has 92 valence electrons. The summed E-state index contributed by atoms with van der Waals surface area (Å²) in [5, 5.41) is 2.99. The molecule has 3 nitrogen and oxygen atoms in total. The van der Waals surface area contributed by atoms with E-state index in [0.29, 0.717) is 12.2 Å². The summed E-state index contributed by atoms with van der Waals surface area (Å²) in [5.74, 6) is -0.0608. The molecule has 0 aromatic heterocycles. The minimum atomic E-state index is -0.0608. The first-order chi connectivity index (χ1) is 8.06. The zero-order valence-electron chi connectivity index (χ0n) is 9.37. The molecule has 1 aromatic rings. The van der Waals surface area contributed by atoms with Crippen LogP contribution in [0.3, 0.4) is 0 Å². The zero-order chi connectivity index (χ0) is 12.4. The fourth-order valence-electron chi connectivity index (χ4n) is 1.86. The van der Waals surface area contributed by atoms with Crippen LogP contribution in [-0.4, -0.2) is 24.7 Å². The van der Waals surface area contributed by atoms with E-state index in [0.717, 1.165) is 15.4 Å². The number of carbonyl (C=O) groups excluding carboxylic acids is 1. The Morgan fingerprint density at radius 3 is 2.53 bits per heavy atom. The van der Waals surface area contributed by atoms with Crippen LogP contribution in [0.2, 0.25) is 0 Å². The van der Waals surface area contributed by atoms with Crippen molar-refractivity contribution in [1.29, 1.82) is 0 Å². The number of ether oxygens (including phenoxy) is 1. The lowest BCUT2D eigenvalue weighted by molar-refractivity contribution is 0.0866. The molecule has 17 heavy (non-hydrogen) atoms. The number of carbonyl (C=O) groups is 1. The zero-order valence-corrected chi connectivity index (χ0v) is 12.5. The average molecular weight is 363 g/mol. The molecule has 1 saturated heterocycles. The molecule has 1 N–H and O–H groups in total. The predicted octanol–water partition coefficient (Wildman–Crippen LogP) is 3.12. The highest BCUT2D eigenvalue weighted by Gasteiger charge is 2.26. The molecule has 2 rings (SSSR count). The summed E-state index contributed by atoms with van der Waals surface area (Å²) >= 11 is 6.74. The Balaban J connectivity index is 2.09. The van der Waals surface area contributed by atoms with Crippen molar-refractivity contribution in [3.8, 4) is 0 Å². The Hall–Kier alpha value is -0.390. The first-order valence-corrected chi connectivity index (χ1v) is 7.03. The molecule has 1 aliphatic rings. The fourth-order valence-corrected chi connectivity index (χ4v) is 3.15. The molecule has 0 saturated carbocycles. The van der Waals surface area contributed by atoms with Gasteiger partial charge < -0.3 is 10.1 Å². The van der Waals surface area contributed by atoms with Gasteiger partial charge in [-0.3, -0.25) is 4.79 Å². The van der Waals surface area contributed by atoms with Gasteiger partial charge in [0.05, 0.1) is 12.1 Å². The highest BCUT2D eigenvalue weighted by atomic mass is 79.9. The standard InChI is InChI=1S/C12H13Br2NO2/c1-7-11(2-3-17-7)15-12(16)8-4-9(13)6-10(14)5-8/h4-7,11H,2-3H2,1H3,(H,15,16). The monoisotopic (exact) mass is 361 g/mol. The van der Waals surface area contributed by atoms with Crippen molar-refractivity contribution in [3.63, 3.8) is 0 Å². The van der Waals surface area contributed by atoms with Gasteiger partial charge in [0.1, 0.15) is 0 Å². The van der Waals surface area contributed by atoms with E-state index in [1.54, 1.807) is 12.1 Å². The van der Waals surface area contributed by atoms with Crippen LogP contribution in [0.15, 0.2) is 27.1 Å². The van der Waals surface area contributed by atoms with Gasteiger partial charge in [0.2, 0.25) is 0 Å². The summed E-state index contributed by atoms with van der Waals surface area (Å²) in [4.78, 5) is 12.0. The molecular formula is C12H13Br2NO2. The number of hydrogen-bond acceptors (Lipinski definition) is 2. The second kappa shape index (κ2) is 5.50. The molecule has 0 bridgehead atoms. The number of halogens is 2. The maximum absolute atomic E-state index is 12.0. The SMILES string of the molecule is CC1OCCC1NC(=O)c1cc(Br)cc(Br)c1. The quantitative estimate of drug-likeness (QED) is 0.877. The van der Waals surface area contributed by atoms with Gasteiger partial charge in [-0.1, -0.05) is 31.9 Å². The lowest BCUT2D eigenvalue weighted by Crippen LogP contribution is -2.39. The van der Waals surface area contributed by atoms with Crippen LogP contribution >= 0.6 is 31.9 Å². The third kappa shape index (κ3) is 3.30. The maximum atomic E-state index is 12.0. The van der Waals surface area contributed by atoms with Crippen LogP contribution in [0.4, 0.5) is 0 Å². The highest BCUT2D eigenvalue weighted by molar-refractivity contribution is 9.11. The Morgan fingerprint density at radius 2 is 2.00 bits per heavy atom. The van der Waals surface area contributed by atoms with Crippen molar-refractivity contribution in [2.45, 2.75) is 25.5 Å². The lowest BCUT2D eigenvalue weighted by atomic mass is 10.1. The van der Waals surface area contributed by atoms with Gasteiger partial charge >= 0.3 is 0 Å². The van der Waals surface area contributed by atoms with E-state index >= 15 is 0 Å². The summed E-state index contributed by atoms with van der Waals surface area (Å²) in [6, 6.07) is 5.62. The van der Waals surface area contributed by atoms with Gasteiger partial charge in [0.25, 0.3) is 5.91 Å². The molecule has 0 radical (unpaired) electrons. The molecule has 1 heterocycles. The molecule has 2 unspecified atom stereocenters. The van der Waals surface area contributed by atoms with Crippen LogP contribution in [0.1, 0.15) is 23.7 Å². The first-order valence-electron chi connectivity index (χ1n) is 5.45. The van der Waals surface area contributed by atoms with Gasteiger partial charge in [0.15, 0.2) is 0 Å². The number of amides is 1. The Kier molecular flexibility index (Phi) is 4.22. The van der Waals surface area contributed by atoms with Crippen molar-refractivity contribution in [2.75, 3.05) is 6.61 Å². The van der Waals surface area contributed by atoms with E-state index in [2.05, 4.69) is 37.2 Å². The highest BCUT2D eigenvalue weighted by Crippen LogP contribution is 2.21. The fraction of sp³-hybridized carbons (Fsp3) is 0.417. The van der Waals surface area contributed by atoms with Crippen molar-refractivity contribution in [2.24, 2.45) is 0 Å². The number of hydrogen-bond donors (Lipinski definition) is 1. The normalized spacial score (nSPS) is 23.7. The topological polar surface area (TPSA) is 38.3 Å². The molecule has 1 fully saturated rings. The van der Waals surface area contributed by atoms with Crippen molar-refractivity contribution in [1.82, 2.24) is 5.32 Å². The molecule has 1 aliphatic heterocycles. The van der Waals surface area contributed by atoms with Crippen LogP contribution in [-0.2, 0) is 4.74 Å². The average Bonchev–Trinajstić information content (AvgIpc) is 2.63. The van der Waals surface area contributed by atoms with Gasteiger partial charge in [-0.05, 0) is 31.5 Å². The van der Waals surface area contributed by atoms with Gasteiger partial charge in [0, 0.05) is 21.1 Å². The summed E-state index contributed by atoms with van der Waals surface area (Å²) in [6.07, 6.45) is 0.969. The second-order valence-electron chi connectivity index (χ2n) is 4.10. The van der Waals surface area contributed by atoms with E-state index in [1.807, 2.05) is 13.0 Å². The smallest absolute Gasteiger partial charge is 0.251 e. The van der Waals surface area contributed by atoms with E-state index in [1.165, 1.54) is 0 Å². The second-order valence-corrected chi connectivity index (χ2v) is 5.93. The van der Waals surface area contributed by atoms with Crippen LogP contribution in [0.5, 0.6) is 0 Å². The van der Waals surface area contributed by atoms with Gasteiger partial charge in [-0.25, -0.2) is 0 Å². The minimum Gasteiger partial charge on any atom is -0.376 e. The molecule has 5 heteroatoms. The lowest BCUT2D eigenvalue weighted by Gasteiger charge is -2.16. The Bertz CT molecular complexity index is 416.